The van der Waals surface area contributed by atoms with Gasteiger partial charge in [0.1, 0.15) is 0 Å². The van der Waals surface area contributed by atoms with Gasteiger partial charge in [-0.3, -0.25) is 0 Å². The van der Waals surface area contributed by atoms with Gasteiger partial charge in [-0.2, -0.15) is 0 Å². The van der Waals surface area contributed by atoms with Crippen molar-refractivity contribution in [2.24, 2.45) is 0 Å². The van der Waals surface area contributed by atoms with Crippen LogP contribution in [-0.4, -0.2) is 27.2 Å². The molecule has 2 aromatic rings. The number of nitrogens with zero attached hydrogens (tertiary/aromatic N) is 2. The van der Waals surface area contributed by atoms with E-state index in [2.05, 4.69) is 12.1 Å². The predicted molar refractivity (Wildman–Crippen MR) is 90.3 cm³/mol. The summed E-state index contributed by atoms with van der Waals surface area (Å²) in [6.45, 7) is 0.652. The molecule has 0 amide bonds. The molecule has 2 rings (SSSR count). The average Bonchev–Trinajstić information content (AvgIpc) is 2.62. The molecule has 0 bridgehead atoms. The number of nitriles is 2. The fraction of sp³-hybridized carbons (Fsp3) is 0.222. The third-order valence-electron chi connectivity index (χ3n) is 3.35. The van der Waals surface area contributed by atoms with Crippen LogP contribution in [0.4, 0.5) is 0 Å². The van der Waals surface area contributed by atoms with Crippen molar-refractivity contribution in [1.29, 1.82) is 10.5 Å². The Morgan fingerprint density at radius 2 is 1.09 bits per heavy atom. The van der Waals surface area contributed by atoms with Crippen molar-refractivity contribution in [3.05, 3.63) is 60.7 Å². The molecule has 0 aromatic heterocycles. The summed E-state index contributed by atoms with van der Waals surface area (Å²) >= 11 is -3.56. The standard InChI is InChI=1S/C18H18GeN2O2/c20-13-7-15-22-19(23-16-8-14-21,17-9-3-1-4-10-17)18-11-5-2-6-12-18/h1-6,9-12H,7-8,15-16H2. The molecule has 0 saturated heterocycles. The van der Waals surface area contributed by atoms with Crippen molar-refractivity contribution >= 4 is 22.7 Å². The molecule has 5 heteroatoms. The molecule has 0 fully saturated rings. The van der Waals surface area contributed by atoms with E-state index in [1.165, 1.54) is 0 Å². The predicted octanol–water partition coefficient (Wildman–Crippen LogP) is 2.10. The van der Waals surface area contributed by atoms with Gasteiger partial charge in [-0.1, -0.05) is 0 Å². The Bertz CT molecular complexity index is 616. The van der Waals surface area contributed by atoms with E-state index in [9.17, 15) is 0 Å². The summed E-state index contributed by atoms with van der Waals surface area (Å²) in [6.07, 6.45) is 0.628. The summed E-state index contributed by atoms with van der Waals surface area (Å²) in [6, 6.07) is 24.0. The molecule has 0 heterocycles. The fourth-order valence-corrected chi connectivity index (χ4v) is 8.89. The number of hydrogen-bond donors (Lipinski definition) is 0. The average molecular weight is 367 g/mol. The Kier molecular flexibility index (Phi) is 6.84. The molecular weight excluding hydrogens is 349 g/mol. The van der Waals surface area contributed by atoms with Crippen molar-refractivity contribution in [3.63, 3.8) is 0 Å². The van der Waals surface area contributed by atoms with Crippen LogP contribution in [0.3, 0.4) is 0 Å². The van der Waals surface area contributed by atoms with E-state index in [4.69, 9.17) is 18.1 Å². The van der Waals surface area contributed by atoms with Crippen LogP contribution in [0.2, 0.25) is 0 Å². The van der Waals surface area contributed by atoms with Crippen LogP contribution in [0.25, 0.3) is 0 Å². The summed E-state index contributed by atoms with van der Waals surface area (Å²) in [5, 5.41) is 17.7. The van der Waals surface area contributed by atoms with Crippen LogP contribution in [0.1, 0.15) is 12.8 Å². The number of rotatable bonds is 8. The van der Waals surface area contributed by atoms with Crippen molar-refractivity contribution in [2.75, 3.05) is 13.2 Å². The zero-order chi connectivity index (χ0) is 16.4. The van der Waals surface area contributed by atoms with Crippen LogP contribution in [0.15, 0.2) is 60.7 Å². The van der Waals surface area contributed by atoms with Gasteiger partial charge < -0.3 is 0 Å². The normalized spacial score (nSPS) is 10.7. The first-order chi connectivity index (χ1) is 11.3. The maximum atomic E-state index is 8.83. The minimum atomic E-state index is -3.56. The van der Waals surface area contributed by atoms with Crippen LogP contribution in [0.5, 0.6) is 0 Å². The summed E-state index contributed by atoms with van der Waals surface area (Å²) in [5.74, 6) is 0. The molecule has 0 N–H and O–H groups in total. The summed E-state index contributed by atoms with van der Waals surface area (Å²) < 4.78 is 14.5. The Labute approximate surface area is 139 Å². The van der Waals surface area contributed by atoms with Gasteiger partial charge in [-0.15, -0.1) is 0 Å². The van der Waals surface area contributed by atoms with E-state index in [0.717, 1.165) is 8.79 Å². The van der Waals surface area contributed by atoms with Crippen LogP contribution >= 0.6 is 0 Å². The van der Waals surface area contributed by atoms with E-state index in [1.807, 2.05) is 60.7 Å². The summed E-state index contributed by atoms with van der Waals surface area (Å²) in [4.78, 5) is 0. The zero-order valence-corrected chi connectivity index (χ0v) is 14.9. The van der Waals surface area contributed by atoms with Crippen LogP contribution < -0.4 is 8.79 Å². The monoisotopic (exact) mass is 368 g/mol. The molecule has 0 unspecified atom stereocenters. The second-order valence-corrected chi connectivity index (χ2v) is 11.1. The van der Waals surface area contributed by atoms with Gasteiger partial charge >= 0.3 is 140 Å². The maximum absolute atomic E-state index is 8.83. The first kappa shape index (κ1) is 17.2. The third kappa shape index (κ3) is 4.43. The third-order valence-corrected chi connectivity index (χ3v) is 10.5. The molecule has 4 nitrogen and oxygen atoms in total. The van der Waals surface area contributed by atoms with Gasteiger partial charge in [0.2, 0.25) is 0 Å². The molecule has 0 aliphatic carbocycles. The van der Waals surface area contributed by atoms with E-state index in [1.54, 1.807) is 0 Å². The Hall–Kier alpha value is -2.12. The van der Waals surface area contributed by atoms with Gasteiger partial charge in [0, 0.05) is 0 Å². The van der Waals surface area contributed by atoms with Gasteiger partial charge in [-0.25, -0.2) is 0 Å². The molecule has 116 valence electrons. The Balaban J connectivity index is 2.44. The number of benzene rings is 2. The van der Waals surface area contributed by atoms with Crippen LogP contribution in [0, 0.1) is 22.7 Å². The molecule has 0 aliphatic heterocycles. The van der Waals surface area contributed by atoms with E-state index < -0.39 is 13.9 Å². The molecule has 23 heavy (non-hydrogen) atoms. The van der Waals surface area contributed by atoms with E-state index >= 15 is 0 Å². The number of hydrogen-bond acceptors (Lipinski definition) is 4. The molecule has 2 aromatic carbocycles. The molecule has 0 radical (unpaired) electrons. The van der Waals surface area contributed by atoms with Gasteiger partial charge in [0.25, 0.3) is 0 Å². The Morgan fingerprint density at radius 1 is 0.696 bits per heavy atom. The van der Waals surface area contributed by atoms with Gasteiger partial charge in [-0.05, 0) is 0 Å². The minimum absolute atomic E-state index is 0.314. The Morgan fingerprint density at radius 3 is 1.43 bits per heavy atom. The van der Waals surface area contributed by atoms with Crippen molar-refractivity contribution in [2.45, 2.75) is 12.8 Å². The second kappa shape index (κ2) is 9.12. The van der Waals surface area contributed by atoms with Gasteiger partial charge in [0.15, 0.2) is 0 Å². The first-order valence-corrected chi connectivity index (χ1v) is 11.3. The fourth-order valence-electron chi connectivity index (χ4n) is 2.34. The van der Waals surface area contributed by atoms with E-state index in [0.29, 0.717) is 26.1 Å². The molecular formula is C18H18GeN2O2. The molecule has 0 saturated carbocycles. The van der Waals surface area contributed by atoms with Gasteiger partial charge in [0.05, 0.1) is 0 Å². The second-order valence-electron chi connectivity index (χ2n) is 4.86. The summed E-state index contributed by atoms with van der Waals surface area (Å²) in [5.41, 5.74) is 0. The van der Waals surface area contributed by atoms with Crippen molar-refractivity contribution in [3.8, 4) is 12.1 Å². The van der Waals surface area contributed by atoms with Crippen molar-refractivity contribution < 1.29 is 7.53 Å². The molecule has 0 spiro atoms. The SMILES string of the molecule is N#CCC[O][Ge]([O]CCC#N)([c]1ccccc1)[c]1ccccc1. The zero-order valence-electron chi connectivity index (χ0n) is 12.8. The molecule has 0 aliphatic rings. The van der Waals surface area contributed by atoms with E-state index in [-0.39, 0.29) is 0 Å². The molecule has 0 atom stereocenters. The first-order valence-electron chi connectivity index (χ1n) is 7.46. The quantitative estimate of drug-likeness (QED) is 0.530. The topological polar surface area (TPSA) is 66.0 Å². The summed E-state index contributed by atoms with van der Waals surface area (Å²) in [7, 11) is 0. The van der Waals surface area contributed by atoms with Crippen LogP contribution in [-0.2, 0) is 7.53 Å². The van der Waals surface area contributed by atoms with Crippen molar-refractivity contribution in [1.82, 2.24) is 0 Å².